The van der Waals surface area contributed by atoms with Crippen LogP contribution < -0.4 is 0 Å². The Kier molecular flexibility index (Phi) is 4.07. The molecule has 0 spiro atoms. The van der Waals surface area contributed by atoms with E-state index in [1.807, 2.05) is 37.3 Å². The Balaban J connectivity index is 2.08. The normalized spacial score (nSPS) is 12.1. The predicted octanol–water partition coefficient (Wildman–Crippen LogP) is 6.57. The molecule has 0 aliphatic carbocycles. The summed E-state index contributed by atoms with van der Waals surface area (Å²) in [4.78, 5) is 5.10. The number of imidazole rings is 2. The molecule has 0 radical (unpaired) electrons. The Labute approximate surface area is 175 Å². The molecule has 0 fully saturated rings. The van der Waals surface area contributed by atoms with Crippen LogP contribution in [-0.4, -0.2) is 18.5 Å². The number of allylic oxidation sites excluding steroid dienone is 3. The second kappa shape index (κ2) is 6.78. The highest BCUT2D eigenvalue weighted by Crippen LogP contribution is 2.36. The first-order chi connectivity index (χ1) is 14.7. The maximum atomic E-state index is 5.10. The third kappa shape index (κ3) is 2.25. The number of para-hydroxylation sites is 2. The molecule has 0 N–H and O–H groups in total. The maximum Gasteiger partial charge on any atom is 0.221 e. The van der Waals surface area contributed by atoms with Crippen molar-refractivity contribution in [1.29, 1.82) is 0 Å². The van der Waals surface area contributed by atoms with Crippen LogP contribution in [0.1, 0.15) is 18.3 Å². The van der Waals surface area contributed by atoms with Gasteiger partial charge in [0.15, 0.2) is 5.65 Å². The number of hydrogen-bond donors (Lipinski definition) is 0. The highest BCUT2D eigenvalue weighted by atomic mass is 15.3. The fourth-order valence-corrected chi connectivity index (χ4v) is 4.30. The van der Waals surface area contributed by atoms with Crippen LogP contribution in [0.25, 0.3) is 51.4 Å². The van der Waals surface area contributed by atoms with E-state index in [-0.39, 0.29) is 0 Å². The Morgan fingerprint density at radius 2 is 1.60 bits per heavy atom. The smallest absolute Gasteiger partial charge is 0.221 e. The first-order valence-electron chi connectivity index (χ1n) is 9.90. The van der Waals surface area contributed by atoms with E-state index >= 15 is 0 Å². The topological polar surface area (TPSA) is 27.2 Å². The van der Waals surface area contributed by atoms with Gasteiger partial charge in [-0.2, -0.15) is 0 Å². The van der Waals surface area contributed by atoms with E-state index < -0.39 is 0 Å². The minimum Gasteiger partial charge on any atom is -0.294 e. The zero-order valence-electron chi connectivity index (χ0n) is 16.9. The molecule has 5 aromatic rings. The van der Waals surface area contributed by atoms with Crippen molar-refractivity contribution in [3.8, 4) is 5.69 Å². The summed E-state index contributed by atoms with van der Waals surface area (Å²) in [7, 11) is 0. The molecule has 5 rings (SSSR count). The van der Waals surface area contributed by atoms with Crippen molar-refractivity contribution < 1.29 is 0 Å². The molecule has 30 heavy (non-hydrogen) atoms. The van der Waals surface area contributed by atoms with Crippen molar-refractivity contribution >= 4 is 45.7 Å². The summed E-state index contributed by atoms with van der Waals surface area (Å²) in [5, 5.41) is 1.11. The molecule has 3 aromatic heterocycles. The van der Waals surface area contributed by atoms with E-state index in [0.29, 0.717) is 0 Å². The zero-order valence-corrected chi connectivity index (χ0v) is 16.9. The van der Waals surface area contributed by atoms with Gasteiger partial charge in [-0.25, -0.2) is 4.98 Å². The Morgan fingerprint density at radius 1 is 0.900 bits per heavy atom. The van der Waals surface area contributed by atoms with E-state index in [1.54, 1.807) is 0 Å². The fourth-order valence-electron chi connectivity index (χ4n) is 4.30. The average molecular weight is 390 g/mol. The zero-order chi connectivity index (χ0) is 20.8. The first kappa shape index (κ1) is 18.0. The minimum atomic E-state index is 0.813. The van der Waals surface area contributed by atoms with E-state index in [1.165, 1.54) is 0 Å². The van der Waals surface area contributed by atoms with Gasteiger partial charge in [0.2, 0.25) is 5.78 Å². The average Bonchev–Trinajstić information content (AvgIpc) is 3.41. The number of aromatic nitrogens is 4. The molecule has 4 heteroatoms. The van der Waals surface area contributed by atoms with Crippen molar-refractivity contribution in [1.82, 2.24) is 18.5 Å². The number of rotatable bonds is 5. The van der Waals surface area contributed by atoms with Gasteiger partial charge in [-0.15, -0.1) is 0 Å². The molecular weight excluding hydrogens is 368 g/mol. The molecule has 0 saturated carbocycles. The van der Waals surface area contributed by atoms with Gasteiger partial charge in [0.1, 0.15) is 5.52 Å². The number of nitrogens with zero attached hydrogens (tertiary/aromatic N) is 4. The lowest BCUT2D eigenvalue weighted by Gasteiger charge is -2.07. The van der Waals surface area contributed by atoms with Crippen LogP contribution >= 0.6 is 0 Å². The van der Waals surface area contributed by atoms with E-state index in [0.717, 1.165) is 50.6 Å². The van der Waals surface area contributed by atoms with Gasteiger partial charge in [0.05, 0.1) is 16.9 Å². The second-order valence-corrected chi connectivity index (χ2v) is 7.04. The Morgan fingerprint density at radius 3 is 2.27 bits per heavy atom. The summed E-state index contributed by atoms with van der Waals surface area (Å²) >= 11 is 0. The minimum absolute atomic E-state index is 0.813. The molecule has 4 nitrogen and oxygen atoms in total. The van der Waals surface area contributed by atoms with Crippen molar-refractivity contribution in [3.05, 3.63) is 97.9 Å². The third-order valence-electron chi connectivity index (χ3n) is 5.56. The lowest BCUT2D eigenvalue weighted by atomic mass is 10.2. The van der Waals surface area contributed by atoms with Gasteiger partial charge in [-0.3, -0.25) is 13.5 Å². The van der Waals surface area contributed by atoms with E-state index in [4.69, 9.17) is 4.98 Å². The van der Waals surface area contributed by atoms with Crippen LogP contribution in [0.4, 0.5) is 0 Å². The summed E-state index contributed by atoms with van der Waals surface area (Å²) in [6.45, 7) is 14.1. The molecule has 146 valence electrons. The lowest BCUT2D eigenvalue weighted by Crippen LogP contribution is -1.98. The van der Waals surface area contributed by atoms with Crippen molar-refractivity contribution in [2.24, 2.45) is 0 Å². The van der Waals surface area contributed by atoms with Crippen molar-refractivity contribution in [3.63, 3.8) is 0 Å². The Bertz CT molecular complexity index is 1490. The fraction of sp³-hybridized carbons (Fsp3) is 0.0385. The van der Waals surface area contributed by atoms with Crippen LogP contribution in [0.15, 0.2) is 86.5 Å². The number of fused-ring (bicyclic) bond motifs is 5. The van der Waals surface area contributed by atoms with Gasteiger partial charge >= 0.3 is 0 Å². The summed E-state index contributed by atoms with van der Waals surface area (Å²) in [6.07, 6.45) is 7.57. The van der Waals surface area contributed by atoms with E-state index in [2.05, 4.69) is 81.8 Å². The highest BCUT2D eigenvalue weighted by molar-refractivity contribution is 6.07. The third-order valence-corrected chi connectivity index (χ3v) is 5.56. The van der Waals surface area contributed by atoms with Crippen molar-refractivity contribution in [2.75, 3.05) is 0 Å². The first-order valence-corrected chi connectivity index (χ1v) is 9.90. The molecule has 0 unspecified atom stereocenters. The number of benzene rings is 2. The largest absolute Gasteiger partial charge is 0.294 e. The predicted molar refractivity (Wildman–Crippen MR) is 128 cm³/mol. The highest BCUT2D eigenvalue weighted by Gasteiger charge is 2.24. The molecule has 0 saturated heterocycles. The Hall–Kier alpha value is -4.05. The summed E-state index contributed by atoms with van der Waals surface area (Å²) in [5.41, 5.74) is 7.00. The number of hydrogen-bond acceptors (Lipinski definition) is 1. The van der Waals surface area contributed by atoms with Crippen LogP contribution in [0.3, 0.4) is 0 Å². The molecule has 0 aliphatic heterocycles. The van der Waals surface area contributed by atoms with Gasteiger partial charge in [0.25, 0.3) is 0 Å². The summed E-state index contributed by atoms with van der Waals surface area (Å²) < 4.78 is 6.51. The summed E-state index contributed by atoms with van der Waals surface area (Å²) in [5.74, 6) is 0.813. The lowest BCUT2D eigenvalue weighted by molar-refractivity contribution is 1.07. The van der Waals surface area contributed by atoms with Crippen LogP contribution in [0.2, 0.25) is 0 Å². The molecule has 0 atom stereocenters. The SMILES string of the molecule is C=C/C(=C\C)n1c(C=C)c(C=C)n2c1nc1c3ccccc3n(-c3ccccc3)c12. The molecule has 0 aliphatic rings. The second-order valence-electron chi connectivity index (χ2n) is 7.04. The van der Waals surface area contributed by atoms with Crippen LogP contribution in [-0.2, 0) is 0 Å². The van der Waals surface area contributed by atoms with Gasteiger partial charge in [-0.1, -0.05) is 62.2 Å². The molecule has 0 amide bonds. The summed E-state index contributed by atoms with van der Waals surface area (Å²) in [6, 6.07) is 18.7. The maximum absolute atomic E-state index is 5.10. The standard InChI is InChI=1S/C26H22N4/c1-5-18(6-2)29-21(7-3)22(8-4)30-25-24(27-26(29)30)20-16-12-13-17-23(20)28(25)19-14-10-9-11-15-19/h5-17H,1,3-4H2,2H3/b18-6+. The van der Waals surface area contributed by atoms with Gasteiger partial charge in [-0.05, 0) is 43.4 Å². The molecular formula is C26H22N4. The molecule has 3 heterocycles. The quantitative estimate of drug-likeness (QED) is 0.312. The molecule has 2 aromatic carbocycles. The van der Waals surface area contributed by atoms with Crippen LogP contribution in [0.5, 0.6) is 0 Å². The van der Waals surface area contributed by atoms with Gasteiger partial charge < -0.3 is 0 Å². The van der Waals surface area contributed by atoms with Crippen LogP contribution in [0, 0.1) is 0 Å². The van der Waals surface area contributed by atoms with E-state index in [9.17, 15) is 0 Å². The molecule has 0 bridgehead atoms. The monoisotopic (exact) mass is 390 g/mol. The van der Waals surface area contributed by atoms with Crippen molar-refractivity contribution in [2.45, 2.75) is 6.92 Å². The van der Waals surface area contributed by atoms with Gasteiger partial charge in [0, 0.05) is 16.8 Å².